The summed E-state index contributed by atoms with van der Waals surface area (Å²) in [5.41, 5.74) is 2.13. The maximum absolute atomic E-state index is 13.6. The van der Waals surface area contributed by atoms with Gasteiger partial charge in [0.05, 0.1) is 6.54 Å². The molecule has 0 unspecified atom stereocenters. The van der Waals surface area contributed by atoms with Crippen LogP contribution in [0.5, 0.6) is 0 Å². The molecule has 1 aliphatic rings. The molecule has 0 saturated heterocycles. The van der Waals surface area contributed by atoms with Crippen LogP contribution in [0.4, 0.5) is 14.5 Å². The van der Waals surface area contributed by atoms with E-state index in [0.717, 1.165) is 25.0 Å². The fourth-order valence-corrected chi connectivity index (χ4v) is 3.13. The third-order valence-electron chi connectivity index (χ3n) is 4.25. The van der Waals surface area contributed by atoms with Crippen molar-refractivity contribution in [2.75, 3.05) is 18.9 Å². The Hall–Kier alpha value is -2.27. The average molecular weight is 316 g/mol. The van der Waals surface area contributed by atoms with E-state index in [1.807, 2.05) is 24.1 Å². The van der Waals surface area contributed by atoms with Crippen LogP contribution in [0.25, 0.3) is 0 Å². The summed E-state index contributed by atoms with van der Waals surface area (Å²) in [6, 6.07) is 11.8. The van der Waals surface area contributed by atoms with Gasteiger partial charge in [0.15, 0.2) is 0 Å². The van der Waals surface area contributed by atoms with E-state index >= 15 is 0 Å². The zero-order chi connectivity index (χ0) is 16.4. The minimum absolute atomic E-state index is 0.0762. The fourth-order valence-electron chi connectivity index (χ4n) is 3.13. The summed E-state index contributed by atoms with van der Waals surface area (Å²) in [6.45, 7) is 0.0762. The van der Waals surface area contributed by atoms with E-state index < -0.39 is 23.2 Å². The Kier molecular flexibility index (Phi) is 4.39. The van der Waals surface area contributed by atoms with Crippen LogP contribution in [0.15, 0.2) is 42.5 Å². The number of nitrogens with zero attached hydrogens (tertiary/aromatic N) is 1. The highest BCUT2D eigenvalue weighted by atomic mass is 19.1. The number of nitrogens with one attached hydrogen (secondary N) is 1. The molecule has 0 saturated carbocycles. The smallest absolute Gasteiger partial charge is 0.238 e. The number of benzene rings is 2. The van der Waals surface area contributed by atoms with Crippen LogP contribution in [0, 0.1) is 11.6 Å². The largest absolute Gasteiger partial charge is 0.320 e. The summed E-state index contributed by atoms with van der Waals surface area (Å²) >= 11 is 0. The van der Waals surface area contributed by atoms with Gasteiger partial charge in [-0.1, -0.05) is 30.3 Å². The number of halogens is 2. The molecule has 1 N–H and O–H groups in total. The molecule has 1 amide bonds. The molecule has 2 aromatic rings. The number of likely N-dealkylation sites (N-methyl/N-ethyl adjacent to an activating group) is 1. The Morgan fingerprint density at radius 1 is 1.17 bits per heavy atom. The lowest BCUT2D eigenvalue weighted by molar-refractivity contribution is -0.117. The number of para-hydroxylation sites is 1. The predicted molar refractivity (Wildman–Crippen MR) is 85.1 cm³/mol. The zero-order valence-corrected chi connectivity index (χ0v) is 12.9. The Bertz CT molecular complexity index is 712. The minimum atomic E-state index is -0.771. The topological polar surface area (TPSA) is 32.3 Å². The molecule has 0 aliphatic heterocycles. The Labute approximate surface area is 133 Å². The van der Waals surface area contributed by atoms with E-state index in [-0.39, 0.29) is 12.6 Å². The van der Waals surface area contributed by atoms with E-state index in [1.54, 1.807) is 0 Å². The number of fused-ring (bicyclic) bond motifs is 1. The Morgan fingerprint density at radius 3 is 2.61 bits per heavy atom. The van der Waals surface area contributed by atoms with Crippen molar-refractivity contribution in [1.29, 1.82) is 0 Å². The van der Waals surface area contributed by atoms with E-state index in [2.05, 4.69) is 17.4 Å². The highest BCUT2D eigenvalue weighted by molar-refractivity contribution is 5.92. The van der Waals surface area contributed by atoms with Gasteiger partial charge in [0.25, 0.3) is 0 Å². The van der Waals surface area contributed by atoms with Crippen LogP contribution >= 0.6 is 0 Å². The van der Waals surface area contributed by atoms with Crippen LogP contribution < -0.4 is 5.32 Å². The second-order valence-electron chi connectivity index (χ2n) is 5.81. The first-order valence-corrected chi connectivity index (χ1v) is 7.58. The molecule has 0 aromatic heterocycles. The number of hydrogen-bond donors (Lipinski definition) is 1. The van der Waals surface area contributed by atoms with E-state index in [4.69, 9.17) is 0 Å². The Morgan fingerprint density at radius 2 is 1.87 bits per heavy atom. The summed E-state index contributed by atoms with van der Waals surface area (Å²) in [5, 5.41) is 2.33. The first kappa shape index (κ1) is 15.6. The SMILES string of the molecule is CN(CC(=O)Nc1c(F)cccc1F)[C@H]1CCc2ccccc21. The van der Waals surface area contributed by atoms with E-state index in [9.17, 15) is 13.6 Å². The lowest BCUT2D eigenvalue weighted by Crippen LogP contribution is -2.33. The van der Waals surface area contributed by atoms with Gasteiger partial charge in [-0.2, -0.15) is 0 Å². The number of amides is 1. The fraction of sp³-hybridized carbons (Fsp3) is 0.278. The molecule has 3 nitrogen and oxygen atoms in total. The number of anilines is 1. The van der Waals surface area contributed by atoms with Gasteiger partial charge in [-0.3, -0.25) is 9.69 Å². The van der Waals surface area contributed by atoms with Gasteiger partial charge in [0.2, 0.25) is 5.91 Å². The molecular weight excluding hydrogens is 298 g/mol. The first-order chi connectivity index (χ1) is 11.1. The lowest BCUT2D eigenvalue weighted by atomic mass is 10.1. The van der Waals surface area contributed by atoms with Gasteiger partial charge in [0, 0.05) is 6.04 Å². The monoisotopic (exact) mass is 316 g/mol. The van der Waals surface area contributed by atoms with Crippen molar-refractivity contribution >= 4 is 11.6 Å². The summed E-state index contributed by atoms with van der Waals surface area (Å²) in [7, 11) is 1.85. The number of carbonyl (C=O) groups excluding carboxylic acids is 1. The zero-order valence-electron chi connectivity index (χ0n) is 12.9. The molecule has 23 heavy (non-hydrogen) atoms. The summed E-state index contributed by atoms with van der Waals surface area (Å²) in [4.78, 5) is 14.0. The normalized spacial score (nSPS) is 16.4. The molecule has 0 bridgehead atoms. The second kappa shape index (κ2) is 6.46. The number of rotatable bonds is 4. The molecule has 3 rings (SSSR count). The molecule has 0 spiro atoms. The van der Waals surface area contributed by atoms with Crippen LogP contribution in [0.2, 0.25) is 0 Å². The van der Waals surface area contributed by atoms with E-state index in [1.165, 1.54) is 17.2 Å². The van der Waals surface area contributed by atoms with Crippen LogP contribution in [0.3, 0.4) is 0 Å². The highest BCUT2D eigenvalue weighted by Gasteiger charge is 2.26. The Balaban J connectivity index is 1.67. The molecule has 1 atom stereocenters. The number of hydrogen-bond acceptors (Lipinski definition) is 2. The average Bonchev–Trinajstić information content (AvgIpc) is 2.95. The molecule has 1 aliphatic carbocycles. The summed E-state index contributed by atoms with van der Waals surface area (Å²) < 4.78 is 27.2. The number of carbonyl (C=O) groups is 1. The van der Waals surface area contributed by atoms with Crippen molar-refractivity contribution in [2.45, 2.75) is 18.9 Å². The van der Waals surface area contributed by atoms with Gasteiger partial charge in [0.1, 0.15) is 17.3 Å². The summed E-state index contributed by atoms with van der Waals surface area (Å²) in [5.74, 6) is -1.97. The standard InChI is InChI=1S/C18H18F2N2O/c1-22(16-10-9-12-5-2-3-6-13(12)16)11-17(23)21-18-14(19)7-4-8-15(18)20/h2-8,16H,9-11H2,1H3,(H,21,23)/t16-/m0/s1. The van der Waals surface area contributed by atoms with Crippen molar-refractivity contribution in [1.82, 2.24) is 4.90 Å². The summed E-state index contributed by atoms with van der Waals surface area (Å²) in [6.07, 6.45) is 1.92. The molecule has 2 aromatic carbocycles. The highest BCUT2D eigenvalue weighted by Crippen LogP contribution is 2.34. The molecule has 120 valence electrons. The van der Waals surface area contributed by atoms with Crippen molar-refractivity contribution in [3.05, 3.63) is 65.2 Å². The quantitative estimate of drug-likeness (QED) is 0.936. The van der Waals surface area contributed by atoms with E-state index in [0.29, 0.717) is 0 Å². The van der Waals surface area contributed by atoms with Gasteiger partial charge < -0.3 is 5.32 Å². The van der Waals surface area contributed by atoms with Crippen molar-refractivity contribution in [3.8, 4) is 0 Å². The third-order valence-corrected chi connectivity index (χ3v) is 4.25. The van der Waals surface area contributed by atoms with Crippen LogP contribution in [-0.4, -0.2) is 24.4 Å². The molecule has 0 fully saturated rings. The maximum atomic E-state index is 13.6. The van der Waals surface area contributed by atoms with Crippen LogP contribution in [0.1, 0.15) is 23.6 Å². The number of aryl methyl sites for hydroxylation is 1. The van der Waals surface area contributed by atoms with Crippen molar-refractivity contribution < 1.29 is 13.6 Å². The van der Waals surface area contributed by atoms with Crippen LogP contribution in [-0.2, 0) is 11.2 Å². The molecule has 0 heterocycles. The third kappa shape index (κ3) is 3.24. The van der Waals surface area contributed by atoms with Gasteiger partial charge in [-0.05, 0) is 43.1 Å². The molecular formula is C18H18F2N2O. The maximum Gasteiger partial charge on any atom is 0.238 e. The van der Waals surface area contributed by atoms with Crippen molar-refractivity contribution in [3.63, 3.8) is 0 Å². The second-order valence-corrected chi connectivity index (χ2v) is 5.81. The van der Waals surface area contributed by atoms with Crippen molar-refractivity contribution in [2.24, 2.45) is 0 Å². The van der Waals surface area contributed by atoms with Gasteiger partial charge in [-0.15, -0.1) is 0 Å². The molecule has 0 radical (unpaired) electrons. The molecule has 5 heteroatoms. The van der Waals surface area contributed by atoms with Gasteiger partial charge in [-0.25, -0.2) is 8.78 Å². The first-order valence-electron chi connectivity index (χ1n) is 7.58. The van der Waals surface area contributed by atoms with Gasteiger partial charge >= 0.3 is 0 Å². The minimum Gasteiger partial charge on any atom is -0.320 e. The lowest BCUT2D eigenvalue weighted by Gasteiger charge is -2.24. The predicted octanol–water partition coefficient (Wildman–Crippen LogP) is 3.52.